The highest BCUT2D eigenvalue weighted by molar-refractivity contribution is 7.19. The van der Waals surface area contributed by atoms with Crippen LogP contribution in [0, 0.1) is 5.92 Å². The van der Waals surface area contributed by atoms with Gasteiger partial charge < -0.3 is 15.8 Å². The van der Waals surface area contributed by atoms with E-state index in [4.69, 9.17) is 10.5 Å². The summed E-state index contributed by atoms with van der Waals surface area (Å²) in [7, 11) is 1.38. The molecule has 0 spiro atoms. The van der Waals surface area contributed by atoms with Crippen LogP contribution in [0.3, 0.4) is 0 Å². The number of carbonyl (C=O) groups excluding carboxylic acids is 1. The topological polar surface area (TPSA) is 64.3 Å². The van der Waals surface area contributed by atoms with Crippen LogP contribution in [0.25, 0.3) is 0 Å². The average molecular weight is 322 g/mol. The molecular formula is C13H17F3N2O2S. The molecule has 1 saturated carbocycles. The lowest BCUT2D eigenvalue weighted by Crippen LogP contribution is -2.23. The fourth-order valence-corrected chi connectivity index (χ4v) is 3.28. The summed E-state index contributed by atoms with van der Waals surface area (Å²) in [4.78, 5) is 12.5. The van der Waals surface area contributed by atoms with Crippen molar-refractivity contribution in [2.45, 2.75) is 38.4 Å². The zero-order valence-electron chi connectivity index (χ0n) is 11.7. The number of nitrogen functional groups attached to an aromatic ring is 1. The van der Waals surface area contributed by atoms with Crippen LogP contribution in [0.1, 0.15) is 35.9 Å². The van der Waals surface area contributed by atoms with Crippen molar-refractivity contribution in [2.24, 2.45) is 5.92 Å². The highest BCUT2D eigenvalue weighted by atomic mass is 32.1. The van der Waals surface area contributed by atoms with Crippen molar-refractivity contribution in [1.82, 2.24) is 0 Å². The van der Waals surface area contributed by atoms with E-state index >= 15 is 0 Å². The summed E-state index contributed by atoms with van der Waals surface area (Å²) in [6.45, 7) is 1.42. The molecule has 118 valence electrons. The van der Waals surface area contributed by atoms with Gasteiger partial charge in [0.05, 0.1) is 24.1 Å². The number of anilines is 2. The largest absolute Gasteiger partial charge is 0.492 e. The van der Waals surface area contributed by atoms with E-state index in [1.807, 2.05) is 0 Å². The second kappa shape index (κ2) is 5.75. The molecule has 21 heavy (non-hydrogen) atoms. The molecule has 0 saturated heterocycles. The molecule has 1 heterocycles. The molecule has 0 bridgehead atoms. The number of methoxy groups -OCH3 is 1. The van der Waals surface area contributed by atoms with Crippen molar-refractivity contribution in [3.05, 3.63) is 4.88 Å². The molecule has 0 amide bonds. The summed E-state index contributed by atoms with van der Waals surface area (Å²) in [6, 6.07) is -0.833. The minimum Gasteiger partial charge on any atom is -0.492 e. The van der Waals surface area contributed by atoms with Crippen molar-refractivity contribution >= 4 is 27.8 Å². The van der Waals surface area contributed by atoms with Gasteiger partial charge >= 0.3 is 6.18 Å². The molecule has 1 aliphatic rings. The minimum atomic E-state index is -4.25. The molecule has 0 radical (unpaired) electrons. The van der Waals surface area contributed by atoms with E-state index in [1.165, 1.54) is 14.0 Å². The fraction of sp³-hybridized carbons (Fsp3) is 0.615. The van der Waals surface area contributed by atoms with Gasteiger partial charge in [0.15, 0.2) is 11.5 Å². The molecule has 1 atom stereocenters. The summed E-state index contributed by atoms with van der Waals surface area (Å²) in [5, 5.41) is 3.11. The Morgan fingerprint density at radius 3 is 2.62 bits per heavy atom. The first-order valence-corrected chi connectivity index (χ1v) is 7.38. The van der Waals surface area contributed by atoms with Crippen LogP contribution in [-0.2, 0) is 0 Å². The number of ketones is 1. The smallest absolute Gasteiger partial charge is 0.391 e. The standard InChI is InChI=1S/C13H17F3N2O2S/c1-6(5-13(14,15)16)18-12-10(20-2)8(17)11(21-12)9(19)7-3-4-7/h6-7,18H,3-5,17H2,1-2H3. The quantitative estimate of drug-likeness (QED) is 0.784. The number of ether oxygens (including phenoxy) is 1. The number of rotatable bonds is 6. The zero-order valence-corrected chi connectivity index (χ0v) is 12.5. The Bertz CT molecular complexity index is 538. The van der Waals surface area contributed by atoms with Crippen LogP contribution < -0.4 is 15.8 Å². The molecule has 3 N–H and O–H groups in total. The molecule has 1 fully saturated rings. The van der Waals surface area contributed by atoms with Crippen LogP contribution in [0.5, 0.6) is 5.75 Å². The van der Waals surface area contributed by atoms with Crippen LogP contribution in [0.4, 0.5) is 23.9 Å². The molecule has 1 unspecified atom stereocenters. The maximum atomic E-state index is 12.4. The van der Waals surface area contributed by atoms with Gasteiger partial charge in [-0.25, -0.2) is 0 Å². The maximum Gasteiger partial charge on any atom is 0.391 e. The molecule has 0 aliphatic heterocycles. The number of halogens is 3. The lowest BCUT2D eigenvalue weighted by molar-refractivity contribution is -0.136. The number of carbonyl (C=O) groups is 1. The Hall–Kier alpha value is -1.44. The van der Waals surface area contributed by atoms with Gasteiger partial charge in [-0.3, -0.25) is 4.79 Å². The second-order valence-corrected chi connectivity index (χ2v) is 6.23. The summed E-state index contributed by atoms with van der Waals surface area (Å²) >= 11 is 1.06. The molecule has 2 rings (SSSR count). The van der Waals surface area contributed by atoms with E-state index in [-0.39, 0.29) is 23.1 Å². The lowest BCUT2D eigenvalue weighted by Gasteiger charge is -2.16. The van der Waals surface area contributed by atoms with Gasteiger partial charge in [-0.1, -0.05) is 0 Å². The SMILES string of the molecule is COc1c(NC(C)CC(F)(F)F)sc(C(=O)C2CC2)c1N. The number of thiophene rings is 1. The number of nitrogens with one attached hydrogen (secondary N) is 1. The molecule has 1 aromatic rings. The summed E-state index contributed by atoms with van der Waals surface area (Å²) < 4.78 is 42.2. The van der Waals surface area contributed by atoms with Crippen molar-refractivity contribution in [3.63, 3.8) is 0 Å². The van der Waals surface area contributed by atoms with E-state index in [0.29, 0.717) is 9.88 Å². The molecule has 8 heteroatoms. The third-order valence-corrected chi connectivity index (χ3v) is 4.32. The first-order chi connectivity index (χ1) is 9.73. The predicted molar refractivity (Wildman–Crippen MR) is 76.1 cm³/mol. The van der Waals surface area contributed by atoms with E-state index in [2.05, 4.69) is 5.32 Å². The lowest BCUT2D eigenvalue weighted by atomic mass is 10.2. The molecule has 1 aromatic heterocycles. The predicted octanol–water partition coefficient (Wildman–Crippen LogP) is 3.68. The number of nitrogens with two attached hydrogens (primary N) is 1. The summed E-state index contributed by atoms with van der Waals surface area (Å²) in [6.07, 6.45) is -3.55. The zero-order chi connectivity index (χ0) is 15.8. The Balaban J connectivity index is 2.18. The highest BCUT2D eigenvalue weighted by Gasteiger charge is 2.35. The fourth-order valence-electron chi connectivity index (χ4n) is 2.06. The van der Waals surface area contributed by atoms with Crippen LogP contribution in [0.15, 0.2) is 0 Å². The Morgan fingerprint density at radius 2 is 2.14 bits per heavy atom. The van der Waals surface area contributed by atoms with Gasteiger partial charge in [-0.15, -0.1) is 11.3 Å². The third-order valence-electron chi connectivity index (χ3n) is 3.19. The van der Waals surface area contributed by atoms with Gasteiger partial charge in [0.1, 0.15) is 5.00 Å². The summed E-state index contributed by atoms with van der Waals surface area (Å²) in [5.41, 5.74) is 6.10. The maximum absolute atomic E-state index is 12.4. The van der Waals surface area contributed by atoms with Gasteiger partial charge in [-0.05, 0) is 19.8 Å². The monoisotopic (exact) mass is 322 g/mol. The normalized spacial score (nSPS) is 16.6. The van der Waals surface area contributed by atoms with E-state index < -0.39 is 18.6 Å². The Kier molecular flexibility index (Phi) is 4.36. The Labute approximate surface area is 124 Å². The van der Waals surface area contributed by atoms with Gasteiger partial charge in [0.2, 0.25) is 0 Å². The van der Waals surface area contributed by atoms with Gasteiger partial charge in [0.25, 0.3) is 0 Å². The van der Waals surface area contributed by atoms with E-state index in [9.17, 15) is 18.0 Å². The number of alkyl halides is 3. The van der Waals surface area contributed by atoms with Crippen molar-refractivity contribution in [2.75, 3.05) is 18.2 Å². The Morgan fingerprint density at radius 1 is 1.52 bits per heavy atom. The first kappa shape index (κ1) is 15.9. The number of Topliss-reactive ketones (excluding diaryl/α,β-unsaturated/α-hetero) is 1. The van der Waals surface area contributed by atoms with Gasteiger partial charge in [-0.2, -0.15) is 13.2 Å². The highest BCUT2D eigenvalue weighted by Crippen LogP contribution is 2.46. The summed E-state index contributed by atoms with van der Waals surface area (Å²) in [5.74, 6) is 0.196. The van der Waals surface area contributed by atoms with Crippen LogP contribution in [0.2, 0.25) is 0 Å². The van der Waals surface area contributed by atoms with Crippen molar-refractivity contribution in [1.29, 1.82) is 0 Å². The third kappa shape index (κ3) is 3.81. The van der Waals surface area contributed by atoms with Crippen LogP contribution >= 0.6 is 11.3 Å². The first-order valence-electron chi connectivity index (χ1n) is 6.56. The van der Waals surface area contributed by atoms with Crippen molar-refractivity contribution < 1.29 is 22.7 Å². The number of hydrogen-bond acceptors (Lipinski definition) is 5. The molecule has 4 nitrogen and oxygen atoms in total. The van der Waals surface area contributed by atoms with Gasteiger partial charge in [0, 0.05) is 12.0 Å². The van der Waals surface area contributed by atoms with E-state index in [1.54, 1.807) is 0 Å². The molecule has 1 aliphatic carbocycles. The minimum absolute atomic E-state index is 0.00361. The number of hydrogen-bond donors (Lipinski definition) is 2. The second-order valence-electron chi connectivity index (χ2n) is 5.21. The van der Waals surface area contributed by atoms with E-state index in [0.717, 1.165) is 24.2 Å². The molecule has 0 aromatic carbocycles. The molecular weight excluding hydrogens is 305 g/mol. The van der Waals surface area contributed by atoms with Crippen molar-refractivity contribution in [3.8, 4) is 5.75 Å². The average Bonchev–Trinajstić information content (AvgIpc) is 3.12. The van der Waals surface area contributed by atoms with Crippen LogP contribution in [-0.4, -0.2) is 25.1 Å².